The van der Waals surface area contributed by atoms with E-state index in [0.29, 0.717) is 29.4 Å². The number of phenols is 1. The zero-order valence-electron chi connectivity index (χ0n) is 17.2. The SMILES string of the molecule is Cc1nnc(-c2ccc(-c3ccc(N(C)[C@@H]4C[C@H]5CCC[C@@H](C4)N5)nn3)c(O)c2)s1. The molecule has 3 aromatic rings. The lowest BCUT2D eigenvalue weighted by atomic mass is 9.83. The topological polar surface area (TPSA) is 87.1 Å². The molecule has 3 atom stereocenters. The van der Waals surface area contributed by atoms with E-state index >= 15 is 0 Å². The van der Waals surface area contributed by atoms with Crippen molar-refractivity contribution in [3.05, 3.63) is 35.3 Å². The molecule has 2 bridgehead atoms. The van der Waals surface area contributed by atoms with E-state index in [1.54, 1.807) is 6.07 Å². The largest absolute Gasteiger partial charge is 0.507 e. The first kappa shape index (κ1) is 19.4. The number of fused-ring (bicyclic) bond motifs is 2. The Morgan fingerprint density at radius 3 is 2.47 bits per heavy atom. The molecule has 2 aromatic heterocycles. The average Bonchev–Trinajstić information content (AvgIpc) is 3.19. The third kappa shape index (κ3) is 3.77. The van der Waals surface area contributed by atoms with Crippen molar-refractivity contribution in [3.8, 4) is 27.6 Å². The Kier molecular flexibility index (Phi) is 5.12. The number of hydrogen-bond acceptors (Lipinski definition) is 8. The lowest BCUT2D eigenvalue weighted by molar-refractivity contribution is 0.219. The number of nitrogens with one attached hydrogen (secondary N) is 1. The summed E-state index contributed by atoms with van der Waals surface area (Å²) in [5.41, 5.74) is 2.17. The third-order valence-electron chi connectivity index (χ3n) is 6.30. The molecule has 2 aliphatic rings. The maximum Gasteiger partial charge on any atom is 0.151 e. The summed E-state index contributed by atoms with van der Waals surface area (Å²) in [5, 5.41) is 33.1. The number of piperidine rings is 2. The molecule has 0 radical (unpaired) electrons. The van der Waals surface area contributed by atoms with Crippen molar-refractivity contribution in [1.29, 1.82) is 0 Å². The number of hydrogen-bond donors (Lipinski definition) is 2. The second kappa shape index (κ2) is 7.92. The van der Waals surface area contributed by atoms with Crippen molar-refractivity contribution in [1.82, 2.24) is 25.7 Å². The zero-order chi connectivity index (χ0) is 20.7. The van der Waals surface area contributed by atoms with E-state index in [1.807, 2.05) is 31.2 Å². The smallest absolute Gasteiger partial charge is 0.151 e. The van der Waals surface area contributed by atoms with Crippen molar-refractivity contribution in [3.63, 3.8) is 0 Å². The fourth-order valence-electron chi connectivity index (χ4n) is 4.69. The highest BCUT2D eigenvalue weighted by atomic mass is 32.1. The third-order valence-corrected chi connectivity index (χ3v) is 7.18. The van der Waals surface area contributed by atoms with Crippen molar-refractivity contribution < 1.29 is 5.11 Å². The molecule has 5 rings (SSSR count). The van der Waals surface area contributed by atoms with E-state index in [9.17, 15) is 5.11 Å². The van der Waals surface area contributed by atoms with Crippen LogP contribution < -0.4 is 10.2 Å². The Morgan fingerprint density at radius 2 is 1.83 bits per heavy atom. The van der Waals surface area contributed by atoms with E-state index in [4.69, 9.17) is 0 Å². The van der Waals surface area contributed by atoms with Crippen molar-refractivity contribution >= 4 is 17.2 Å². The van der Waals surface area contributed by atoms with E-state index in [0.717, 1.165) is 34.2 Å². The van der Waals surface area contributed by atoms with Crippen LogP contribution in [0.25, 0.3) is 21.8 Å². The summed E-state index contributed by atoms with van der Waals surface area (Å²) in [6.07, 6.45) is 6.20. The molecule has 4 heterocycles. The molecule has 2 fully saturated rings. The number of aryl methyl sites for hydroxylation is 1. The minimum atomic E-state index is 0.168. The first-order valence-electron chi connectivity index (χ1n) is 10.5. The fraction of sp³-hybridized carbons (Fsp3) is 0.455. The van der Waals surface area contributed by atoms with Crippen LogP contribution in [0.3, 0.4) is 0 Å². The first-order valence-corrected chi connectivity index (χ1v) is 11.3. The van der Waals surface area contributed by atoms with Crippen LogP contribution in [0.5, 0.6) is 5.75 Å². The Balaban J connectivity index is 1.33. The van der Waals surface area contributed by atoms with Crippen molar-refractivity contribution in [2.75, 3.05) is 11.9 Å². The maximum absolute atomic E-state index is 10.6. The van der Waals surface area contributed by atoms with E-state index in [2.05, 4.69) is 37.7 Å². The normalized spacial score (nSPS) is 23.3. The second-order valence-electron chi connectivity index (χ2n) is 8.36. The van der Waals surface area contributed by atoms with E-state index < -0.39 is 0 Å². The predicted octanol–water partition coefficient (Wildman–Crippen LogP) is 3.79. The average molecular weight is 423 g/mol. The van der Waals surface area contributed by atoms with Gasteiger partial charge in [0, 0.05) is 36.3 Å². The maximum atomic E-state index is 10.6. The molecule has 7 nitrogen and oxygen atoms in total. The monoisotopic (exact) mass is 422 g/mol. The minimum Gasteiger partial charge on any atom is -0.507 e. The van der Waals surface area contributed by atoms with Crippen molar-refractivity contribution in [2.45, 2.75) is 57.2 Å². The van der Waals surface area contributed by atoms with Gasteiger partial charge < -0.3 is 15.3 Å². The second-order valence-corrected chi connectivity index (χ2v) is 9.54. The van der Waals surface area contributed by atoms with Gasteiger partial charge in [0.25, 0.3) is 0 Å². The van der Waals surface area contributed by atoms with Crippen LogP contribution in [0, 0.1) is 6.92 Å². The summed E-state index contributed by atoms with van der Waals surface area (Å²) >= 11 is 1.50. The molecule has 1 aromatic carbocycles. The van der Waals surface area contributed by atoms with Gasteiger partial charge in [-0.1, -0.05) is 23.8 Å². The van der Waals surface area contributed by atoms with Crippen LogP contribution in [0.4, 0.5) is 5.82 Å². The molecule has 8 heteroatoms. The molecule has 2 N–H and O–H groups in total. The number of aromatic hydroxyl groups is 1. The molecule has 2 aliphatic heterocycles. The summed E-state index contributed by atoms with van der Waals surface area (Å²) in [7, 11) is 2.12. The van der Waals surface area contributed by atoms with Gasteiger partial charge in [-0.2, -0.15) is 0 Å². The summed E-state index contributed by atoms with van der Waals surface area (Å²) in [5.74, 6) is 1.05. The molecule has 0 unspecified atom stereocenters. The van der Waals surface area contributed by atoms with Gasteiger partial charge in [-0.05, 0) is 56.9 Å². The zero-order valence-corrected chi connectivity index (χ0v) is 18.1. The van der Waals surface area contributed by atoms with Gasteiger partial charge in [0.1, 0.15) is 15.8 Å². The Morgan fingerprint density at radius 1 is 1.03 bits per heavy atom. The molecule has 30 heavy (non-hydrogen) atoms. The van der Waals surface area contributed by atoms with Gasteiger partial charge in [-0.3, -0.25) is 0 Å². The Hall–Kier alpha value is -2.58. The fourth-order valence-corrected chi connectivity index (χ4v) is 5.38. The van der Waals surface area contributed by atoms with Crippen LogP contribution in [-0.2, 0) is 0 Å². The molecule has 0 amide bonds. The van der Waals surface area contributed by atoms with Gasteiger partial charge in [0.2, 0.25) is 0 Å². The van der Waals surface area contributed by atoms with Crippen LogP contribution >= 0.6 is 11.3 Å². The van der Waals surface area contributed by atoms with Crippen LogP contribution in [0.2, 0.25) is 0 Å². The lowest BCUT2D eigenvalue weighted by Crippen LogP contribution is -2.54. The molecule has 0 spiro atoms. The van der Waals surface area contributed by atoms with E-state index in [-0.39, 0.29) is 5.75 Å². The highest BCUT2D eigenvalue weighted by molar-refractivity contribution is 7.14. The molecule has 2 saturated heterocycles. The first-order chi connectivity index (χ1) is 14.6. The van der Waals surface area contributed by atoms with Crippen molar-refractivity contribution in [2.24, 2.45) is 0 Å². The molecular weight excluding hydrogens is 396 g/mol. The summed E-state index contributed by atoms with van der Waals surface area (Å²) in [4.78, 5) is 2.27. The van der Waals surface area contributed by atoms with Gasteiger partial charge >= 0.3 is 0 Å². The van der Waals surface area contributed by atoms with Crippen LogP contribution in [0.15, 0.2) is 30.3 Å². The summed E-state index contributed by atoms with van der Waals surface area (Å²) in [6.45, 7) is 1.92. The highest BCUT2D eigenvalue weighted by Crippen LogP contribution is 2.34. The Bertz CT molecular complexity index is 1020. The molecule has 156 valence electrons. The number of rotatable bonds is 4. The molecule has 0 aliphatic carbocycles. The van der Waals surface area contributed by atoms with Gasteiger partial charge in [0.15, 0.2) is 5.82 Å². The number of nitrogens with zero attached hydrogens (tertiary/aromatic N) is 5. The van der Waals surface area contributed by atoms with Gasteiger partial charge in [-0.25, -0.2) is 0 Å². The molecular formula is C22H26N6OS. The number of phenolic OH excluding ortho intramolecular Hbond substituents is 1. The Labute approximate surface area is 180 Å². The minimum absolute atomic E-state index is 0.168. The number of benzene rings is 1. The quantitative estimate of drug-likeness (QED) is 0.661. The highest BCUT2D eigenvalue weighted by Gasteiger charge is 2.33. The molecule has 0 saturated carbocycles. The van der Waals surface area contributed by atoms with Crippen LogP contribution in [0.1, 0.15) is 37.1 Å². The summed E-state index contributed by atoms with van der Waals surface area (Å²) in [6, 6.07) is 11.2. The van der Waals surface area contributed by atoms with Crippen LogP contribution in [-0.4, -0.2) is 50.7 Å². The predicted molar refractivity (Wildman–Crippen MR) is 119 cm³/mol. The van der Waals surface area contributed by atoms with Gasteiger partial charge in [0.05, 0.1) is 5.69 Å². The number of anilines is 1. The van der Waals surface area contributed by atoms with Gasteiger partial charge in [-0.15, -0.1) is 20.4 Å². The lowest BCUT2D eigenvalue weighted by Gasteiger charge is -2.43. The van der Waals surface area contributed by atoms with E-state index in [1.165, 1.54) is 30.6 Å². The number of aromatic nitrogens is 4. The standard InChI is InChI=1S/C22H26N6OS/c1-13-24-27-22(30-13)14-6-7-18(20(29)10-14)19-8-9-21(26-25-19)28(2)17-11-15-4-3-5-16(12-17)23-15/h6-10,15-17,23,29H,3-5,11-12H2,1-2H3/t15-,16+,17-. The summed E-state index contributed by atoms with van der Waals surface area (Å²) < 4.78 is 0.